The molecule has 0 spiro atoms. The van der Waals surface area contributed by atoms with Crippen molar-refractivity contribution in [1.82, 2.24) is 0 Å². The zero-order valence-corrected chi connectivity index (χ0v) is 26.3. The van der Waals surface area contributed by atoms with Gasteiger partial charge in [0.05, 0.1) is 0 Å². The highest BCUT2D eigenvalue weighted by Gasteiger charge is 2.19. The normalized spacial score (nSPS) is 11.3. The van der Waals surface area contributed by atoms with Crippen LogP contribution in [0.15, 0.2) is 192 Å². The first-order valence-electron chi connectivity index (χ1n) is 16.3. The Balaban J connectivity index is 1.22. The van der Waals surface area contributed by atoms with Gasteiger partial charge in [0.1, 0.15) is 11.2 Å². The quantitative estimate of drug-likeness (QED) is 0.185. The molecule has 1 heterocycles. The maximum absolute atomic E-state index is 6.76. The molecule has 226 valence electrons. The summed E-state index contributed by atoms with van der Waals surface area (Å²) in [4.78, 5) is 2.32. The highest BCUT2D eigenvalue weighted by Crippen LogP contribution is 2.43. The van der Waals surface area contributed by atoms with Gasteiger partial charge in [-0.1, -0.05) is 140 Å². The zero-order valence-electron chi connectivity index (χ0n) is 26.3. The van der Waals surface area contributed by atoms with Crippen molar-refractivity contribution in [2.24, 2.45) is 0 Å². The number of anilines is 3. The summed E-state index contributed by atoms with van der Waals surface area (Å²) in [6, 6.07) is 66.7. The molecular weight excluding hydrogens is 583 g/mol. The van der Waals surface area contributed by atoms with Crippen LogP contribution in [0.2, 0.25) is 0 Å². The summed E-state index contributed by atoms with van der Waals surface area (Å²) in [7, 11) is 0. The topological polar surface area (TPSA) is 16.4 Å². The minimum atomic E-state index is 0.864. The zero-order chi connectivity index (χ0) is 31.9. The number of hydrogen-bond acceptors (Lipinski definition) is 2. The van der Waals surface area contributed by atoms with E-state index in [1.165, 1.54) is 38.8 Å². The van der Waals surface area contributed by atoms with Gasteiger partial charge in [-0.05, 0) is 81.2 Å². The molecule has 0 fully saturated rings. The van der Waals surface area contributed by atoms with E-state index in [0.29, 0.717) is 0 Å². The highest BCUT2D eigenvalue weighted by atomic mass is 16.3. The highest BCUT2D eigenvalue weighted by molar-refractivity contribution is 6.19. The smallest absolute Gasteiger partial charge is 0.143 e. The van der Waals surface area contributed by atoms with E-state index in [1.54, 1.807) is 0 Å². The Morgan fingerprint density at radius 3 is 1.56 bits per heavy atom. The van der Waals surface area contributed by atoms with E-state index in [4.69, 9.17) is 4.42 Å². The largest absolute Gasteiger partial charge is 0.455 e. The van der Waals surface area contributed by atoms with Crippen LogP contribution in [-0.4, -0.2) is 0 Å². The molecule has 2 nitrogen and oxygen atoms in total. The van der Waals surface area contributed by atoms with Gasteiger partial charge in [-0.25, -0.2) is 0 Å². The van der Waals surface area contributed by atoms with E-state index in [-0.39, 0.29) is 0 Å². The third kappa shape index (κ3) is 4.92. The van der Waals surface area contributed by atoms with E-state index < -0.39 is 0 Å². The molecule has 9 aromatic rings. The maximum Gasteiger partial charge on any atom is 0.143 e. The Labute approximate surface area is 279 Å². The molecular formula is C46H31NO. The van der Waals surface area contributed by atoms with Gasteiger partial charge in [0, 0.05) is 39.3 Å². The molecule has 9 rings (SSSR count). The second-order valence-electron chi connectivity index (χ2n) is 12.2. The van der Waals surface area contributed by atoms with Gasteiger partial charge >= 0.3 is 0 Å². The molecule has 0 unspecified atom stereocenters. The first-order chi connectivity index (χ1) is 23.8. The molecule has 0 amide bonds. The van der Waals surface area contributed by atoms with Gasteiger partial charge in [-0.3, -0.25) is 0 Å². The first kappa shape index (κ1) is 27.9. The summed E-state index contributed by atoms with van der Waals surface area (Å²) in [5, 5.41) is 4.54. The summed E-state index contributed by atoms with van der Waals surface area (Å²) >= 11 is 0. The molecule has 0 aliphatic heterocycles. The fourth-order valence-electron chi connectivity index (χ4n) is 6.92. The Bertz CT molecular complexity index is 2530. The fourth-order valence-corrected chi connectivity index (χ4v) is 6.92. The first-order valence-corrected chi connectivity index (χ1v) is 16.3. The molecule has 0 saturated carbocycles. The Hall–Kier alpha value is -6.38. The standard InChI is InChI=1S/C46H31NO/c1-4-13-32(14-5-1)34-23-25-37(26-24-34)47(38-20-12-19-36(29-38)33-15-6-2-7-16-33)39-27-28-41-44-31-43(35-17-8-3-9-18-35)40-21-10-11-22-42(40)46(44)48-45(41)30-39/h1-31H. The predicted molar refractivity (Wildman–Crippen MR) is 202 cm³/mol. The number of hydrogen-bond donors (Lipinski definition) is 0. The van der Waals surface area contributed by atoms with Crippen molar-refractivity contribution in [1.29, 1.82) is 0 Å². The summed E-state index contributed by atoms with van der Waals surface area (Å²) in [6.45, 7) is 0. The van der Waals surface area contributed by atoms with Crippen molar-refractivity contribution in [3.05, 3.63) is 188 Å². The SMILES string of the molecule is c1ccc(-c2ccc(N(c3cccc(-c4ccccc4)c3)c3ccc4c(c3)oc3c5ccccc5c(-c5ccccc5)cc43)cc2)cc1. The van der Waals surface area contributed by atoms with E-state index in [1.807, 2.05) is 0 Å². The number of fused-ring (bicyclic) bond motifs is 5. The molecule has 0 aliphatic rings. The summed E-state index contributed by atoms with van der Waals surface area (Å²) in [5.41, 5.74) is 12.1. The van der Waals surface area contributed by atoms with E-state index in [0.717, 1.165) is 44.4 Å². The van der Waals surface area contributed by atoms with E-state index >= 15 is 0 Å². The third-order valence-electron chi connectivity index (χ3n) is 9.25. The van der Waals surface area contributed by atoms with Crippen LogP contribution in [0.4, 0.5) is 17.1 Å². The van der Waals surface area contributed by atoms with Crippen molar-refractivity contribution >= 4 is 49.8 Å². The predicted octanol–water partition coefficient (Wildman–Crippen LogP) is 13.2. The lowest BCUT2D eigenvalue weighted by Gasteiger charge is -2.26. The molecule has 48 heavy (non-hydrogen) atoms. The van der Waals surface area contributed by atoms with Crippen LogP contribution in [0.5, 0.6) is 0 Å². The molecule has 0 saturated heterocycles. The molecule has 8 aromatic carbocycles. The van der Waals surface area contributed by atoms with E-state index in [9.17, 15) is 0 Å². The van der Waals surface area contributed by atoms with Gasteiger partial charge in [0.2, 0.25) is 0 Å². The van der Waals surface area contributed by atoms with Crippen molar-refractivity contribution in [3.63, 3.8) is 0 Å². The molecule has 0 N–H and O–H groups in total. The molecule has 2 heteroatoms. The van der Waals surface area contributed by atoms with Crippen LogP contribution in [0.3, 0.4) is 0 Å². The summed E-state index contributed by atoms with van der Waals surface area (Å²) in [5.74, 6) is 0. The van der Waals surface area contributed by atoms with E-state index in [2.05, 4.69) is 193 Å². The van der Waals surface area contributed by atoms with Crippen LogP contribution >= 0.6 is 0 Å². The van der Waals surface area contributed by atoms with Gasteiger partial charge in [0.15, 0.2) is 0 Å². The van der Waals surface area contributed by atoms with Gasteiger partial charge in [-0.15, -0.1) is 0 Å². The van der Waals surface area contributed by atoms with Gasteiger partial charge in [-0.2, -0.15) is 0 Å². The summed E-state index contributed by atoms with van der Waals surface area (Å²) in [6.07, 6.45) is 0. The van der Waals surface area contributed by atoms with Gasteiger partial charge in [0.25, 0.3) is 0 Å². The number of rotatable bonds is 6. The Morgan fingerprint density at radius 1 is 0.312 bits per heavy atom. The molecule has 1 aromatic heterocycles. The molecule has 0 radical (unpaired) electrons. The second-order valence-corrected chi connectivity index (χ2v) is 12.2. The maximum atomic E-state index is 6.76. The average Bonchev–Trinajstić information content (AvgIpc) is 3.54. The molecule has 0 bridgehead atoms. The van der Waals surface area contributed by atoms with Crippen LogP contribution in [-0.2, 0) is 0 Å². The number of nitrogens with zero attached hydrogens (tertiary/aromatic N) is 1. The Morgan fingerprint density at radius 2 is 0.854 bits per heavy atom. The Kier molecular flexibility index (Phi) is 6.84. The average molecular weight is 614 g/mol. The van der Waals surface area contributed by atoms with Crippen molar-refractivity contribution in [2.45, 2.75) is 0 Å². The second kappa shape index (κ2) is 11.8. The van der Waals surface area contributed by atoms with Crippen molar-refractivity contribution in [2.75, 3.05) is 4.90 Å². The number of furan rings is 1. The monoisotopic (exact) mass is 613 g/mol. The minimum absolute atomic E-state index is 0.864. The van der Waals surface area contributed by atoms with Crippen LogP contribution < -0.4 is 4.90 Å². The van der Waals surface area contributed by atoms with Crippen LogP contribution in [0, 0.1) is 0 Å². The number of benzene rings is 8. The lowest BCUT2D eigenvalue weighted by Crippen LogP contribution is -2.10. The lowest BCUT2D eigenvalue weighted by atomic mass is 9.95. The fraction of sp³-hybridized carbons (Fsp3) is 0. The van der Waals surface area contributed by atoms with Crippen LogP contribution in [0.25, 0.3) is 66.1 Å². The molecule has 0 aliphatic carbocycles. The summed E-state index contributed by atoms with van der Waals surface area (Å²) < 4.78 is 6.76. The van der Waals surface area contributed by atoms with Crippen molar-refractivity contribution in [3.8, 4) is 33.4 Å². The van der Waals surface area contributed by atoms with Gasteiger partial charge < -0.3 is 9.32 Å². The van der Waals surface area contributed by atoms with Crippen molar-refractivity contribution < 1.29 is 4.42 Å². The van der Waals surface area contributed by atoms with Crippen LogP contribution in [0.1, 0.15) is 0 Å². The minimum Gasteiger partial charge on any atom is -0.455 e. The lowest BCUT2D eigenvalue weighted by molar-refractivity contribution is 0.673. The third-order valence-corrected chi connectivity index (χ3v) is 9.25. The molecule has 0 atom stereocenters.